The summed E-state index contributed by atoms with van der Waals surface area (Å²) in [7, 11) is -3.45. The van der Waals surface area contributed by atoms with E-state index in [-0.39, 0.29) is 65.3 Å². The minimum absolute atomic E-state index is 0.0527. The van der Waals surface area contributed by atoms with Gasteiger partial charge in [-0.15, -0.1) is 0 Å². The van der Waals surface area contributed by atoms with Crippen LogP contribution in [0.15, 0.2) is 75.9 Å². The smallest absolute Gasteiger partial charge is 0.341 e. The Morgan fingerprint density at radius 1 is 0.878 bits per heavy atom. The summed E-state index contributed by atoms with van der Waals surface area (Å²) in [6.45, 7) is 2.68. The molecule has 0 amide bonds. The molecule has 0 aliphatic carbocycles. The first-order valence-corrected chi connectivity index (χ1v) is 19.3. The predicted octanol–water partition coefficient (Wildman–Crippen LogP) is 5.13. The summed E-state index contributed by atoms with van der Waals surface area (Å²) in [5, 5.41) is 0.291. The Labute approximate surface area is 286 Å². The van der Waals surface area contributed by atoms with E-state index in [0.717, 1.165) is 5.56 Å². The van der Waals surface area contributed by atoms with Crippen molar-refractivity contribution in [2.45, 2.75) is 36.7 Å². The second-order valence-corrected chi connectivity index (χ2v) is 17.1. The van der Waals surface area contributed by atoms with Crippen LogP contribution >= 0.6 is 0 Å². The molecule has 0 spiro atoms. The van der Waals surface area contributed by atoms with Crippen LogP contribution in [0.25, 0.3) is 22.3 Å². The van der Waals surface area contributed by atoms with Gasteiger partial charge in [0.15, 0.2) is 46.3 Å². The highest BCUT2D eigenvalue weighted by Gasteiger charge is 2.57. The number of esters is 1. The van der Waals surface area contributed by atoms with E-state index in [1.165, 1.54) is 32.4 Å². The lowest BCUT2D eigenvalue weighted by Gasteiger charge is -2.37. The van der Waals surface area contributed by atoms with Crippen LogP contribution in [0.4, 0.5) is 0 Å². The summed E-state index contributed by atoms with van der Waals surface area (Å²) in [5.74, 6) is -0.0705. The van der Waals surface area contributed by atoms with E-state index in [9.17, 15) is 26.4 Å². The molecule has 1 aromatic heterocycles. The van der Waals surface area contributed by atoms with Crippen molar-refractivity contribution in [2.75, 3.05) is 52.5 Å². The minimum atomic E-state index is -4.07. The zero-order valence-electron chi connectivity index (χ0n) is 28.1. The third-order valence-corrected chi connectivity index (χ3v) is 15.1. The average molecular weight is 712 g/mol. The number of carbonyl (C=O) groups is 1. The number of nitrogens with zero attached hydrogens (tertiary/aromatic N) is 1. The molecule has 1 aliphatic rings. The number of ether oxygens (including phenoxy) is 3. The fraction of sp³-hybridized carbons (Fsp3) is 0.389. The number of hydrogen-bond donors (Lipinski definition) is 0. The fourth-order valence-corrected chi connectivity index (χ4v) is 12.3. The molecule has 2 heterocycles. The number of methoxy groups -OCH3 is 2. The second-order valence-electron chi connectivity index (χ2n) is 12.1. The largest absolute Gasteiger partial charge is 0.493 e. The Bertz CT molecular complexity index is 2080. The van der Waals surface area contributed by atoms with E-state index in [1.54, 1.807) is 25.1 Å². The van der Waals surface area contributed by atoms with E-state index in [2.05, 4.69) is 0 Å². The molecule has 5 rings (SSSR count). The summed E-state index contributed by atoms with van der Waals surface area (Å²) >= 11 is 0. The topological polar surface area (TPSA) is 146 Å². The molecular weight excluding hydrogens is 671 g/mol. The first-order valence-electron chi connectivity index (χ1n) is 16.0. The fourth-order valence-electron chi connectivity index (χ4n) is 6.46. The minimum Gasteiger partial charge on any atom is -0.493 e. The molecule has 262 valence electrons. The second kappa shape index (κ2) is 14.7. The molecule has 1 saturated heterocycles. The van der Waals surface area contributed by atoms with Gasteiger partial charge in [-0.3, -0.25) is 4.79 Å². The number of rotatable bonds is 13. The highest BCUT2D eigenvalue weighted by molar-refractivity contribution is 8.10. The van der Waals surface area contributed by atoms with Gasteiger partial charge in [0.05, 0.1) is 37.7 Å². The van der Waals surface area contributed by atoms with Crippen molar-refractivity contribution in [3.05, 3.63) is 93.6 Å². The first-order chi connectivity index (χ1) is 23.4. The van der Waals surface area contributed by atoms with Gasteiger partial charge in [-0.25, -0.2) is 21.6 Å². The monoisotopic (exact) mass is 711 g/mol. The standard InChI is InChI=1S/C36H41NO10S2/c1-25-32(38)28-14-8-15-29(34(28)47-33(25)26-12-6-5-7-13-26)35(39)46-21-10-20-37(2)19-9-18-36(48(40,41)22-11-23-49(36,42)43)27-16-17-30(44-3)31(24-27)45-4/h5-8,12-17,24H,9-11,18-23H2,1-4H3. The number of para-hydroxylation sites is 1. The summed E-state index contributed by atoms with van der Waals surface area (Å²) < 4.78 is 74.7. The number of fused-ring (bicyclic) bond motifs is 1. The van der Waals surface area contributed by atoms with Gasteiger partial charge >= 0.3 is 5.97 Å². The van der Waals surface area contributed by atoms with Crippen LogP contribution in [0.2, 0.25) is 0 Å². The lowest BCUT2D eigenvalue weighted by atomic mass is 10.0. The molecule has 1 aliphatic heterocycles. The molecule has 4 aromatic rings. The molecule has 0 bridgehead atoms. The molecule has 0 atom stereocenters. The van der Waals surface area contributed by atoms with Crippen LogP contribution in [0.5, 0.6) is 11.5 Å². The van der Waals surface area contributed by atoms with Crippen LogP contribution in [0.3, 0.4) is 0 Å². The van der Waals surface area contributed by atoms with Gasteiger partial charge in [-0.1, -0.05) is 42.5 Å². The van der Waals surface area contributed by atoms with E-state index >= 15 is 0 Å². The van der Waals surface area contributed by atoms with E-state index in [4.69, 9.17) is 18.6 Å². The Morgan fingerprint density at radius 2 is 1.55 bits per heavy atom. The van der Waals surface area contributed by atoms with Gasteiger partial charge in [-0.2, -0.15) is 0 Å². The Morgan fingerprint density at radius 3 is 2.22 bits per heavy atom. The molecule has 0 unspecified atom stereocenters. The highest BCUT2D eigenvalue weighted by atomic mass is 32.3. The highest BCUT2D eigenvalue weighted by Crippen LogP contribution is 2.47. The van der Waals surface area contributed by atoms with Gasteiger partial charge in [0.25, 0.3) is 0 Å². The summed E-state index contributed by atoms with van der Waals surface area (Å²) in [6.07, 6.45) is 0.671. The van der Waals surface area contributed by atoms with Crippen LogP contribution in [-0.2, 0) is 28.5 Å². The van der Waals surface area contributed by atoms with Gasteiger partial charge in [0, 0.05) is 17.7 Å². The van der Waals surface area contributed by atoms with Crippen molar-refractivity contribution in [1.29, 1.82) is 0 Å². The zero-order valence-corrected chi connectivity index (χ0v) is 29.7. The molecule has 0 N–H and O–H groups in total. The van der Waals surface area contributed by atoms with E-state index < -0.39 is 29.7 Å². The Kier molecular flexibility index (Phi) is 10.9. The Hall–Kier alpha value is -4.20. The van der Waals surface area contributed by atoms with Crippen molar-refractivity contribution < 1.29 is 40.3 Å². The van der Waals surface area contributed by atoms with Crippen LogP contribution < -0.4 is 14.9 Å². The molecular formula is C36H41NO10S2. The normalized spacial score (nSPS) is 16.3. The third kappa shape index (κ3) is 6.97. The first kappa shape index (κ1) is 36.1. The van der Waals surface area contributed by atoms with Gasteiger partial charge < -0.3 is 23.5 Å². The summed E-state index contributed by atoms with van der Waals surface area (Å²) in [5.41, 5.74) is 1.40. The maximum atomic E-state index is 13.6. The number of carbonyl (C=O) groups excluding carboxylic acids is 1. The zero-order chi connectivity index (χ0) is 35.4. The van der Waals surface area contributed by atoms with Gasteiger partial charge in [0.2, 0.25) is 0 Å². The maximum absolute atomic E-state index is 13.6. The lowest BCUT2D eigenvalue weighted by Crippen LogP contribution is -2.50. The quantitative estimate of drug-likeness (QED) is 0.134. The molecule has 0 saturated carbocycles. The lowest BCUT2D eigenvalue weighted by molar-refractivity contribution is 0.0492. The molecule has 1 fully saturated rings. The SMILES string of the molecule is COc1ccc(C2(CCCN(C)CCCOC(=O)c3cccc4c(=O)c(C)c(-c5ccccc5)oc34)S(=O)(=O)CCCS2(=O)=O)cc1OC. The maximum Gasteiger partial charge on any atom is 0.341 e. The van der Waals surface area contributed by atoms with E-state index in [0.29, 0.717) is 42.0 Å². The van der Waals surface area contributed by atoms with Crippen molar-refractivity contribution in [3.8, 4) is 22.8 Å². The van der Waals surface area contributed by atoms with Crippen molar-refractivity contribution in [2.24, 2.45) is 0 Å². The number of benzene rings is 3. The Balaban J connectivity index is 1.24. The third-order valence-electron chi connectivity index (χ3n) is 9.02. The average Bonchev–Trinajstić information content (AvgIpc) is 3.09. The van der Waals surface area contributed by atoms with Crippen molar-refractivity contribution >= 4 is 36.6 Å². The van der Waals surface area contributed by atoms with Gasteiger partial charge in [0.1, 0.15) is 11.3 Å². The predicted molar refractivity (Wildman–Crippen MR) is 188 cm³/mol. The van der Waals surface area contributed by atoms with Crippen molar-refractivity contribution in [3.63, 3.8) is 0 Å². The van der Waals surface area contributed by atoms with Crippen LogP contribution in [-0.4, -0.2) is 80.2 Å². The van der Waals surface area contributed by atoms with Gasteiger partial charge in [-0.05, 0) is 76.0 Å². The molecule has 49 heavy (non-hydrogen) atoms. The van der Waals surface area contributed by atoms with Crippen molar-refractivity contribution in [1.82, 2.24) is 4.90 Å². The van der Waals surface area contributed by atoms with E-state index in [1.807, 2.05) is 42.3 Å². The molecule has 3 aromatic carbocycles. The summed E-state index contributed by atoms with van der Waals surface area (Å²) in [6, 6.07) is 18.5. The molecule has 11 nitrogen and oxygen atoms in total. The summed E-state index contributed by atoms with van der Waals surface area (Å²) in [4.78, 5) is 28.2. The number of hydrogen-bond acceptors (Lipinski definition) is 11. The van der Waals surface area contributed by atoms with Crippen LogP contribution in [0.1, 0.15) is 47.2 Å². The molecule has 0 radical (unpaired) electrons. The molecule has 13 heteroatoms. The number of sulfone groups is 2. The van der Waals surface area contributed by atoms with Crippen LogP contribution in [0, 0.1) is 6.92 Å².